The largest absolute Gasteiger partial charge is 0.348 e. The van der Waals surface area contributed by atoms with Crippen LogP contribution in [0.4, 0.5) is 9.93 Å². The lowest BCUT2D eigenvalue weighted by molar-refractivity contribution is 0.191. The van der Waals surface area contributed by atoms with Crippen LogP contribution in [0.15, 0.2) is 12.4 Å². The Hall–Kier alpha value is -1.89. The third-order valence-electron chi connectivity index (χ3n) is 5.17. The van der Waals surface area contributed by atoms with Crippen LogP contribution in [0.2, 0.25) is 0 Å². The number of urea groups is 1. The standard InChI is InChI=1S/C18H25N5OS/c24-18(23-11-5-6-13(12-23)16-19-9-10-20-16)22-17-21-14-7-3-1-2-4-8-15(14)25-17/h9-10,13H,1-8,11-12H2,(H,19,20)(H,21,22,24). The molecule has 1 aliphatic carbocycles. The highest BCUT2D eigenvalue weighted by atomic mass is 32.1. The van der Waals surface area contributed by atoms with Crippen LogP contribution < -0.4 is 5.32 Å². The Morgan fingerprint density at radius 1 is 1.24 bits per heavy atom. The summed E-state index contributed by atoms with van der Waals surface area (Å²) >= 11 is 1.66. The summed E-state index contributed by atoms with van der Waals surface area (Å²) < 4.78 is 0. The van der Waals surface area contributed by atoms with Crippen molar-refractivity contribution in [1.29, 1.82) is 0 Å². The molecule has 4 rings (SSSR count). The summed E-state index contributed by atoms with van der Waals surface area (Å²) in [5, 5.41) is 3.80. The van der Waals surface area contributed by atoms with E-state index in [1.165, 1.54) is 36.3 Å². The van der Waals surface area contributed by atoms with Crippen LogP contribution in [0.25, 0.3) is 0 Å². The van der Waals surface area contributed by atoms with Crippen LogP contribution in [-0.2, 0) is 12.8 Å². The number of carbonyl (C=O) groups excluding carboxylic acids is 1. The number of rotatable bonds is 2. The molecule has 0 radical (unpaired) electrons. The van der Waals surface area contributed by atoms with E-state index >= 15 is 0 Å². The molecule has 2 amide bonds. The molecule has 7 heteroatoms. The van der Waals surface area contributed by atoms with Gasteiger partial charge in [0.25, 0.3) is 0 Å². The number of hydrogen-bond acceptors (Lipinski definition) is 4. The smallest absolute Gasteiger partial charge is 0.323 e. The van der Waals surface area contributed by atoms with E-state index in [1.807, 2.05) is 11.1 Å². The number of imidazole rings is 1. The minimum Gasteiger partial charge on any atom is -0.348 e. The highest BCUT2D eigenvalue weighted by molar-refractivity contribution is 7.15. The van der Waals surface area contributed by atoms with Crippen LogP contribution in [0.5, 0.6) is 0 Å². The third kappa shape index (κ3) is 3.86. The summed E-state index contributed by atoms with van der Waals surface area (Å²) in [6.07, 6.45) is 12.9. The van der Waals surface area contributed by atoms with E-state index in [2.05, 4.69) is 15.3 Å². The number of anilines is 1. The quantitative estimate of drug-likeness (QED) is 0.853. The molecule has 6 nitrogen and oxygen atoms in total. The molecule has 1 saturated heterocycles. The predicted octanol–water partition coefficient (Wildman–Crippen LogP) is 3.94. The van der Waals surface area contributed by atoms with E-state index in [0.29, 0.717) is 12.5 Å². The second kappa shape index (κ2) is 7.56. The van der Waals surface area contributed by atoms with Gasteiger partial charge < -0.3 is 9.88 Å². The summed E-state index contributed by atoms with van der Waals surface area (Å²) in [6.45, 7) is 1.51. The van der Waals surface area contributed by atoms with Gasteiger partial charge in [-0.25, -0.2) is 14.8 Å². The number of piperidine rings is 1. The molecule has 2 aromatic rings. The molecule has 25 heavy (non-hydrogen) atoms. The van der Waals surface area contributed by atoms with Gasteiger partial charge in [0, 0.05) is 36.3 Å². The van der Waals surface area contributed by atoms with Gasteiger partial charge in [0.15, 0.2) is 5.13 Å². The van der Waals surface area contributed by atoms with Crippen molar-refractivity contribution in [3.63, 3.8) is 0 Å². The maximum Gasteiger partial charge on any atom is 0.323 e. The van der Waals surface area contributed by atoms with Crippen molar-refractivity contribution >= 4 is 22.5 Å². The van der Waals surface area contributed by atoms with E-state index in [9.17, 15) is 4.79 Å². The molecule has 3 heterocycles. The summed E-state index contributed by atoms with van der Waals surface area (Å²) in [5.74, 6) is 1.28. The molecule has 1 aliphatic heterocycles. The van der Waals surface area contributed by atoms with Crippen molar-refractivity contribution < 1.29 is 4.79 Å². The summed E-state index contributed by atoms with van der Waals surface area (Å²) in [4.78, 5) is 28.2. The van der Waals surface area contributed by atoms with Gasteiger partial charge in [0.1, 0.15) is 5.82 Å². The van der Waals surface area contributed by atoms with Crippen LogP contribution in [0.3, 0.4) is 0 Å². The molecular weight excluding hydrogens is 334 g/mol. The Balaban J connectivity index is 1.40. The van der Waals surface area contributed by atoms with Gasteiger partial charge >= 0.3 is 6.03 Å². The molecule has 0 saturated carbocycles. The van der Waals surface area contributed by atoms with Gasteiger partial charge in [0.2, 0.25) is 0 Å². The molecule has 1 fully saturated rings. The summed E-state index contributed by atoms with van der Waals surface area (Å²) in [6, 6.07) is -0.0296. The van der Waals surface area contributed by atoms with E-state index in [1.54, 1.807) is 17.5 Å². The Kier molecular flexibility index (Phi) is 5.01. The molecule has 1 unspecified atom stereocenters. The summed E-state index contributed by atoms with van der Waals surface area (Å²) in [5.41, 5.74) is 1.20. The average molecular weight is 359 g/mol. The van der Waals surface area contributed by atoms with Crippen LogP contribution in [0.1, 0.15) is 60.8 Å². The Morgan fingerprint density at radius 2 is 2.12 bits per heavy atom. The highest BCUT2D eigenvalue weighted by Gasteiger charge is 2.27. The molecule has 2 aromatic heterocycles. The number of aromatic amines is 1. The minimum absolute atomic E-state index is 0.0296. The lowest BCUT2D eigenvalue weighted by Crippen LogP contribution is -2.41. The Labute approximate surface area is 152 Å². The highest BCUT2D eigenvalue weighted by Crippen LogP contribution is 2.29. The van der Waals surface area contributed by atoms with Gasteiger partial charge in [0.05, 0.1) is 5.69 Å². The SMILES string of the molecule is O=C(Nc1nc2c(s1)CCCCCC2)N1CCCC(c2ncc[nH]2)C1. The normalized spacial score (nSPS) is 21.3. The van der Waals surface area contributed by atoms with Crippen LogP contribution in [0, 0.1) is 0 Å². The molecule has 0 bridgehead atoms. The van der Waals surface area contributed by atoms with Crippen molar-refractivity contribution in [1.82, 2.24) is 19.9 Å². The number of carbonyl (C=O) groups is 1. The van der Waals surface area contributed by atoms with Crippen LogP contribution >= 0.6 is 11.3 Å². The molecule has 2 aliphatic rings. The van der Waals surface area contributed by atoms with E-state index in [0.717, 1.165) is 43.2 Å². The van der Waals surface area contributed by atoms with Crippen molar-refractivity contribution in [3.8, 4) is 0 Å². The van der Waals surface area contributed by atoms with Gasteiger partial charge in [-0.05, 0) is 38.5 Å². The Bertz CT molecular complexity index is 686. The number of aryl methyl sites for hydroxylation is 2. The average Bonchev–Trinajstić information content (AvgIpc) is 3.26. The van der Waals surface area contributed by atoms with E-state index in [-0.39, 0.29) is 6.03 Å². The van der Waals surface area contributed by atoms with Crippen molar-refractivity contribution in [2.75, 3.05) is 18.4 Å². The molecule has 1 atom stereocenters. The number of fused-ring (bicyclic) bond motifs is 1. The van der Waals surface area contributed by atoms with Crippen molar-refractivity contribution in [2.24, 2.45) is 0 Å². The number of aromatic nitrogens is 3. The van der Waals surface area contributed by atoms with Gasteiger partial charge in [-0.15, -0.1) is 11.3 Å². The zero-order valence-corrected chi connectivity index (χ0v) is 15.3. The molecular formula is C18H25N5OS. The number of nitrogens with zero attached hydrogens (tertiary/aromatic N) is 3. The lowest BCUT2D eigenvalue weighted by Gasteiger charge is -2.31. The van der Waals surface area contributed by atoms with Gasteiger partial charge in [-0.2, -0.15) is 0 Å². The van der Waals surface area contributed by atoms with Crippen molar-refractivity contribution in [2.45, 2.75) is 57.3 Å². The van der Waals surface area contributed by atoms with E-state index in [4.69, 9.17) is 4.98 Å². The third-order valence-corrected chi connectivity index (χ3v) is 6.25. The maximum absolute atomic E-state index is 12.7. The number of hydrogen-bond donors (Lipinski definition) is 2. The van der Waals surface area contributed by atoms with Crippen LogP contribution in [-0.4, -0.2) is 39.0 Å². The first-order valence-electron chi connectivity index (χ1n) is 9.33. The number of likely N-dealkylation sites (tertiary alicyclic amines) is 1. The first kappa shape index (κ1) is 16.6. The van der Waals surface area contributed by atoms with E-state index < -0.39 is 0 Å². The first-order chi connectivity index (χ1) is 12.3. The predicted molar refractivity (Wildman–Crippen MR) is 99.1 cm³/mol. The number of nitrogens with one attached hydrogen (secondary N) is 2. The molecule has 0 aromatic carbocycles. The van der Waals surface area contributed by atoms with Gasteiger partial charge in [-0.3, -0.25) is 5.32 Å². The topological polar surface area (TPSA) is 73.9 Å². The van der Waals surface area contributed by atoms with Gasteiger partial charge in [-0.1, -0.05) is 12.8 Å². The van der Waals surface area contributed by atoms with Crippen molar-refractivity contribution in [3.05, 3.63) is 28.8 Å². The summed E-state index contributed by atoms with van der Waals surface area (Å²) in [7, 11) is 0. The number of H-pyrrole nitrogens is 1. The second-order valence-corrected chi connectivity index (χ2v) is 8.08. The zero-order valence-electron chi connectivity index (χ0n) is 14.5. The monoisotopic (exact) mass is 359 g/mol. The minimum atomic E-state index is -0.0296. The Morgan fingerprint density at radius 3 is 2.96 bits per heavy atom. The molecule has 0 spiro atoms. The number of amides is 2. The fourth-order valence-corrected chi connectivity index (χ4v) is 4.85. The number of thiazole rings is 1. The maximum atomic E-state index is 12.7. The fraction of sp³-hybridized carbons (Fsp3) is 0.611. The second-order valence-electron chi connectivity index (χ2n) is 6.99. The molecule has 2 N–H and O–H groups in total. The fourth-order valence-electron chi connectivity index (χ4n) is 3.82. The molecule has 134 valence electrons. The first-order valence-corrected chi connectivity index (χ1v) is 10.1. The zero-order chi connectivity index (χ0) is 17.1. The lowest BCUT2D eigenvalue weighted by atomic mass is 9.98.